The minimum Gasteiger partial charge on any atom is -0.493 e. The highest BCUT2D eigenvalue weighted by molar-refractivity contribution is 8.18. The van der Waals surface area contributed by atoms with Gasteiger partial charge in [-0.05, 0) is 54.4 Å². The molecule has 1 fully saturated rings. The van der Waals surface area contributed by atoms with Gasteiger partial charge in [-0.25, -0.2) is 0 Å². The van der Waals surface area contributed by atoms with E-state index in [1.165, 1.54) is 26.9 Å². The molecule has 180 valence electrons. The molecule has 34 heavy (non-hydrogen) atoms. The Kier molecular flexibility index (Phi) is 8.59. The number of aryl methyl sites for hydroxylation is 2. The first-order valence-corrected chi connectivity index (χ1v) is 11.6. The molecule has 0 spiro atoms. The van der Waals surface area contributed by atoms with Crippen LogP contribution in [0.4, 0.5) is 4.79 Å². The Hall–Kier alpha value is -3.46. The average Bonchev–Trinajstić information content (AvgIpc) is 3.10. The Morgan fingerprint density at radius 2 is 1.68 bits per heavy atom. The molecule has 1 saturated heterocycles. The maximum absolute atomic E-state index is 12.8. The Morgan fingerprint density at radius 1 is 1.03 bits per heavy atom. The summed E-state index contributed by atoms with van der Waals surface area (Å²) in [5, 5.41) is 2.40. The van der Waals surface area contributed by atoms with Gasteiger partial charge in [0.15, 0.2) is 11.5 Å². The molecule has 2 aromatic carbocycles. The van der Waals surface area contributed by atoms with Gasteiger partial charge in [0, 0.05) is 19.5 Å². The first kappa shape index (κ1) is 25.2. The maximum atomic E-state index is 12.8. The molecule has 0 aromatic heterocycles. The van der Waals surface area contributed by atoms with Gasteiger partial charge in [-0.1, -0.05) is 29.8 Å². The monoisotopic (exact) mass is 484 g/mol. The third kappa shape index (κ3) is 6.11. The van der Waals surface area contributed by atoms with Crippen LogP contribution in [0.1, 0.15) is 23.1 Å². The number of hydrogen-bond donors (Lipinski definition) is 1. The van der Waals surface area contributed by atoms with Crippen molar-refractivity contribution in [2.24, 2.45) is 0 Å². The third-order valence-electron chi connectivity index (χ3n) is 5.28. The van der Waals surface area contributed by atoms with E-state index in [2.05, 4.69) is 5.32 Å². The predicted octanol–water partition coefficient (Wildman–Crippen LogP) is 3.81. The lowest BCUT2D eigenvalue weighted by Crippen LogP contribution is -2.37. The molecular weight excluding hydrogens is 456 g/mol. The molecule has 2 aromatic rings. The van der Waals surface area contributed by atoms with Crippen LogP contribution in [-0.4, -0.2) is 56.4 Å². The average molecular weight is 485 g/mol. The lowest BCUT2D eigenvalue weighted by molar-refractivity contribution is -0.124. The fraction of sp³-hybridized carbons (Fsp3) is 0.320. The second-order valence-corrected chi connectivity index (χ2v) is 8.62. The van der Waals surface area contributed by atoms with Crippen LogP contribution in [0.3, 0.4) is 0 Å². The van der Waals surface area contributed by atoms with Crippen LogP contribution >= 0.6 is 11.8 Å². The Morgan fingerprint density at radius 3 is 2.26 bits per heavy atom. The standard InChI is InChI=1S/C25H28N2O6S/c1-16-5-7-17(8-6-16)9-10-22(28)26-11-12-27-24(29)21(34-25(27)30)15-18-13-19(31-2)23(33-4)20(14-18)32-3/h5-8,13-15H,9-12H2,1-4H3,(H,26,28)/b21-15-. The summed E-state index contributed by atoms with van der Waals surface area (Å²) < 4.78 is 16.0. The minimum absolute atomic E-state index is 0.105. The number of amides is 3. The molecule has 3 amide bonds. The van der Waals surface area contributed by atoms with Crippen molar-refractivity contribution in [2.45, 2.75) is 19.8 Å². The van der Waals surface area contributed by atoms with Crippen LogP contribution in [-0.2, 0) is 16.0 Å². The van der Waals surface area contributed by atoms with Crippen LogP contribution in [0.5, 0.6) is 17.2 Å². The number of nitrogens with one attached hydrogen (secondary N) is 1. The van der Waals surface area contributed by atoms with Gasteiger partial charge in [-0.3, -0.25) is 19.3 Å². The number of nitrogens with zero attached hydrogens (tertiary/aromatic N) is 1. The number of carbonyl (C=O) groups is 3. The van der Waals surface area contributed by atoms with E-state index in [0.717, 1.165) is 22.2 Å². The highest BCUT2D eigenvalue weighted by Crippen LogP contribution is 2.40. The summed E-state index contributed by atoms with van der Waals surface area (Å²) >= 11 is 0.854. The second-order valence-electron chi connectivity index (χ2n) is 7.63. The summed E-state index contributed by atoms with van der Waals surface area (Å²) in [6.45, 7) is 2.32. The van der Waals surface area contributed by atoms with Gasteiger partial charge in [0.1, 0.15) is 0 Å². The largest absolute Gasteiger partial charge is 0.493 e. The summed E-state index contributed by atoms with van der Waals surface area (Å²) in [7, 11) is 4.51. The summed E-state index contributed by atoms with van der Waals surface area (Å²) in [4.78, 5) is 38.7. The number of imide groups is 1. The normalized spacial score (nSPS) is 14.5. The second kappa shape index (κ2) is 11.6. The number of ether oxygens (including phenoxy) is 3. The van der Waals surface area contributed by atoms with E-state index in [9.17, 15) is 14.4 Å². The number of rotatable bonds is 10. The van der Waals surface area contributed by atoms with Crippen LogP contribution in [0, 0.1) is 6.92 Å². The van der Waals surface area contributed by atoms with E-state index in [0.29, 0.717) is 35.7 Å². The fourth-order valence-corrected chi connectivity index (χ4v) is 4.30. The Balaban J connectivity index is 1.57. The van der Waals surface area contributed by atoms with E-state index in [1.54, 1.807) is 18.2 Å². The van der Waals surface area contributed by atoms with Gasteiger partial charge in [-0.2, -0.15) is 0 Å². The number of carbonyl (C=O) groups excluding carboxylic acids is 3. The molecule has 0 atom stereocenters. The Labute approximate surface area is 203 Å². The van der Waals surface area contributed by atoms with Gasteiger partial charge in [0.05, 0.1) is 26.2 Å². The van der Waals surface area contributed by atoms with E-state index < -0.39 is 5.91 Å². The van der Waals surface area contributed by atoms with Gasteiger partial charge >= 0.3 is 0 Å². The zero-order valence-electron chi connectivity index (χ0n) is 19.7. The van der Waals surface area contributed by atoms with Crippen LogP contribution in [0.2, 0.25) is 0 Å². The summed E-state index contributed by atoms with van der Waals surface area (Å²) in [5.41, 5.74) is 2.89. The zero-order valence-corrected chi connectivity index (χ0v) is 20.5. The van der Waals surface area contributed by atoms with Crippen LogP contribution in [0.15, 0.2) is 41.3 Å². The van der Waals surface area contributed by atoms with Gasteiger partial charge < -0.3 is 19.5 Å². The van der Waals surface area contributed by atoms with Gasteiger partial charge in [0.2, 0.25) is 11.7 Å². The summed E-state index contributed by atoms with van der Waals surface area (Å²) in [6, 6.07) is 11.4. The molecule has 1 aliphatic rings. The van der Waals surface area contributed by atoms with Crippen molar-refractivity contribution in [3.8, 4) is 17.2 Å². The smallest absolute Gasteiger partial charge is 0.293 e. The van der Waals surface area contributed by atoms with Crippen molar-refractivity contribution < 1.29 is 28.6 Å². The number of thioether (sulfide) groups is 1. The summed E-state index contributed by atoms with van der Waals surface area (Å²) in [6.07, 6.45) is 2.58. The molecule has 0 bridgehead atoms. The number of benzene rings is 2. The Bertz CT molecular complexity index is 1070. The topological polar surface area (TPSA) is 94.2 Å². The van der Waals surface area contributed by atoms with E-state index in [4.69, 9.17) is 14.2 Å². The quantitative estimate of drug-likeness (QED) is 0.513. The molecular formula is C25H28N2O6S. The van der Waals surface area contributed by atoms with Gasteiger partial charge in [0.25, 0.3) is 11.1 Å². The van der Waals surface area contributed by atoms with E-state index in [-0.39, 0.29) is 29.1 Å². The SMILES string of the molecule is COc1cc(/C=C2\SC(=O)N(CCNC(=O)CCc3ccc(C)cc3)C2=O)cc(OC)c1OC. The lowest BCUT2D eigenvalue weighted by Gasteiger charge is -2.13. The first-order chi connectivity index (χ1) is 16.4. The van der Waals surface area contributed by atoms with Crippen molar-refractivity contribution in [3.05, 3.63) is 58.0 Å². The highest BCUT2D eigenvalue weighted by Gasteiger charge is 2.34. The zero-order chi connectivity index (χ0) is 24.7. The molecule has 0 radical (unpaired) electrons. The van der Waals surface area contributed by atoms with Crippen molar-refractivity contribution in [1.82, 2.24) is 10.2 Å². The number of methoxy groups -OCH3 is 3. The summed E-state index contributed by atoms with van der Waals surface area (Å²) in [5.74, 6) is 0.799. The number of hydrogen-bond acceptors (Lipinski definition) is 7. The molecule has 0 aliphatic carbocycles. The van der Waals surface area contributed by atoms with Crippen molar-refractivity contribution in [2.75, 3.05) is 34.4 Å². The molecule has 1 heterocycles. The highest BCUT2D eigenvalue weighted by atomic mass is 32.2. The van der Waals surface area contributed by atoms with E-state index in [1.807, 2.05) is 31.2 Å². The van der Waals surface area contributed by atoms with Gasteiger partial charge in [-0.15, -0.1) is 0 Å². The molecule has 9 heteroatoms. The fourth-order valence-electron chi connectivity index (χ4n) is 3.44. The third-order valence-corrected chi connectivity index (χ3v) is 6.18. The van der Waals surface area contributed by atoms with Crippen molar-refractivity contribution in [1.29, 1.82) is 0 Å². The molecule has 1 aliphatic heterocycles. The first-order valence-electron chi connectivity index (χ1n) is 10.7. The lowest BCUT2D eigenvalue weighted by atomic mass is 10.1. The molecule has 1 N–H and O–H groups in total. The van der Waals surface area contributed by atoms with Crippen molar-refractivity contribution in [3.63, 3.8) is 0 Å². The minimum atomic E-state index is -0.405. The molecule has 0 saturated carbocycles. The van der Waals surface area contributed by atoms with Crippen molar-refractivity contribution >= 4 is 34.9 Å². The molecule has 3 rings (SSSR count). The molecule has 8 nitrogen and oxygen atoms in total. The predicted molar refractivity (Wildman–Crippen MR) is 131 cm³/mol. The maximum Gasteiger partial charge on any atom is 0.293 e. The van der Waals surface area contributed by atoms with E-state index >= 15 is 0 Å². The van der Waals surface area contributed by atoms with Crippen LogP contribution in [0.25, 0.3) is 6.08 Å². The molecule has 0 unspecified atom stereocenters. The van der Waals surface area contributed by atoms with Crippen LogP contribution < -0.4 is 19.5 Å².